The fourth-order valence-corrected chi connectivity index (χ4v) is 4.78. The van der Waals surface area contributed by atoms with Gasteiger partial charge in [-0.15, -0.1) is 11.3 Å². The van der Waals surface area contributed by atoms with E-state index >= 15 is 0 Å². The normalized spacial score (nSPS) is 17.4. The summed E-state index contributed by atoms with van der Waals surface area (Å²) in [6, 6.07) is 8.11. The zero-order chi connectivity index (χ0) is 20.9. The SMILES string of the molecule is Cc1csc(CC(=O)N2CCN(CC(=O)Nc3ccc(N4CCCC4)cc3)CC2)n1. The molecule has 2 aliphatic rings. The van der Waals surface area contributed by atoms with Crippen LogP contribution in [-0.2, 0) is 16.0 Å². The summed E-state index contributed by atoms with van der Waals surface area (Å²) in [4.78, 5) is 35.6. The molecule has 0 unspecified atom stereocenters. The Bertz CT molecular complexity index is 868. The second kappa shape index (κ2) is 9.57. The molecule has 1 aromatic carbocycles. The van der Waals surface area contributed by atoms with Gasteiger partial charge in [-0.1, -0.05) is 0 Å². The van der Waals surface area contributed by atoms with Crippen LogP contribution in [0.15, 0.2) is 29.6 Å². The predicted octanol–water partition coefficient (Wildman–Crippen LogP) is 2.38. The highest BCUT2D eigenvalue weighted by molar-refractivity contribution is 7.09. The fourth-order valence-electron chi connectivity index (χ4n) is 4.01. The second-order valence-corrected chi connectivity index (χ2v) is 8.95. The largest absolute Gasteiger partial charge is 0.372 e. The van der Waals surface area contributed by atoms with Gasteiger partial charge in [0.2, 0.25) is 11.8 Å². The van der Waals surface area contributed by atoms with Crippen LogP contribution in [-0.4, -0.2) is 72.4 Å². The number of hydrogen-bond donors (Lipinski definition) is 1. The van der Waals surface area contributed by atoms with Gasteiger partial charge in [-0.3, -0.25) is 14.5 Å². The van der Waals surface area contributed by atoms with E-state index in [-0.39, 0.29) is 11.8 Å². The number of hydrogen-bond acceptors (Lipinski definition) is 6. The minimum absolute atomic E-state index is 0.0121. The molecule has 3 heterocycles. The molecule has 160 valence electrons. The first-order valence-electron chi connectivity index (χ1n) is 10.6. The van der Waals surface area contributed by atoms with Crippen molar-refractivity contribution in [2.45, 2.75) is 26.2 Å². The zero-order valence-electron chi connectivity index (χ0n) is 17.5. The third kappa shape index (κ3) is 5.37. The van der Waals surface area contributed by atoms with E-state index in [1.54, 1.807) is 0 Å². The Morgan fingerprint density at radius 2 is 1.73 bits per heavy atom. The third-order valence-electron chi connectivity index (χ3n) is 5.68. The number of carbonyl (C=O) groups is 2. The molecule has 2 aromatic rings. The number of carbonyl (C=O) groups excluding carboxylic acids is 2. The highest BCUT2D eigenvalue weighted by atomic mass is 32.1. The molecule has 2 aliphatic heterocycles. The van der Waals surface area contributed by atoms with E-state index in [1.165, 1.54) is 29.9 Å². The maximum atomic E-state index is 12.5. The highest BCUT2D eigenvalue weighted by Crippen LogP contribution is 2.22. The van der Waals surface area contributed by atoms with Gasteiger partial charge < -0.3 is 15.1 Å². The topological polar surface area (TPSA) is 68.8 Å². The average molecular weight is 428 g/mol. The quantitative estimate of drug-likeness (QED) is 0.767. The molecule has 0 bridgehead atoms. The summed E-state index contributed by atoms with van der Waals surface area (Å²) in [7, 11) is 0. The summed E-state index contributed by atoms with van der Waals surface area (Å²) in [6.45, 7) is 7.25. The summed E-state index contributed by atoms with van der Waals surface area (Å²) >= 11 is 1.53. The van der Waals surface area contributed by atoms with E-state index in [0.29, 0.717) is 39.1 Å². The van der Waals surface area contributed by atoms with Crippen LogP contribution in [0.1, 0.15) is 23.5 Å². The molecule has 0 saturated carbocycles. The van der Waals surface area contributed by atoms with Gasteiger partial charge in [-0.25, -0.2) is 4.98 Å². The zero-order valence-corrected chi connectivity index (χ0v) is 18.3. The maximum absolute atomic E-state index is 12.5. The number of nitrogens with zero attached hydrogens (tertiary/aromatic N) is 4. The van der Waals surface area contributed by atoms with Gasteiger partial charge >= 0.3 is 0 Å². The van der Waals surface area contributed by atoms with Crippen LogP contribution in [0.4, 0.5) is 11.4 Å². The fraction of sp³-hybridized carbons (Fsp3) is 0.500. The van der Waals surface area contributed by atoms with Crippen LogP contribution >= 0.6 is 11.3 Å². The lowest BCUT2D eigenvalue weighted by Crippen LogP contribution is -2.50. The number of piperazine rings is 1. The summed E-state index contributed by atoms with van der Waals surface area (Å²) < 4.78 is 0. The van der Waals surface area contributed by atoms with E-state index in [0.717, 1.165) is 29.5 Å². The van der Waals surface area contributed by atoms with E-state index < -0.39 is 0 Å². The lowest BCUT2D eigenvalue weighted by atomic mass is 10.2. The molecule has 1 aromatic heterocycles. The minimum atomic E-state index is -0.0121. The Hall–Kier alpha value is -2.45. The summed E-state index contributed by atoms with van der Waals surface area (Å²) in [5.41, 5.74) is 3.01. The molecule has 30 heavy (non-hydrogen) atoms. The Balaban J connectivity index is 1.20. The number of benzene rings is 1. The van der Waals surface area contributed by atoms with Crippen molar-refractivity contribution in [3.8, 4) is 0 Å². The number of aryl methyl sites for hydroxylation is 1. The number of nitrogens with one attached hydrogen (secondary N) is 1. The predicted molar refractivity (Wildman–Crippen MR) is 120 cm³/mol. The number of anilines is 2. The van der Waals surface area contributed by atoms with Crippen LogP contribution in [0.5, 0.6) is 0 Å². The van der Waals surface area contributed by atoms with Crippen LogP contribution in [0.2, 0.25) is 0 Å². The number of amides is 2. The van der Waals surface area contributed by atoms with Crippen molar-refractivity contribution in [1.82, 2.24) is 14.8 Å². The van der Waals surface area contributed by atoms with Gasteiger partial charge in [0.1, 0.15) is 5.01 Å². The maximum Gasteiger partial charge on any atom is 0.238 e. The molecule has 1 N–H and O–H groups in total. The smallest absolute Gasteiger partial charge is 0.238 e. The lowest BCUT2D eigenvalue weighted by Gasteiger charge is -2.34. The standard InChI is InChI=1S/C22H29N5O2S/c1-17-16-30-21(23-17)14-22(29)27-12-10-25(11-13-27)15-20(28)24-18-4-6-19(7-5-18)26-8-2-3-9-26/h4-7,16H,2-3,8-15H2,1H3,(H,24,28). The summed E-state index contributed by atoms with van der Waals surface area (Å²) in [6.07, 6.45) is 2.87. The summed E-state index contributed by atoms with van der Waals surface area (Å²) in [5, 5.41) is 5.83. The molecule has 7 nitrogen and oxygen atoms in total. The van der Waals surface area contributed by atoms with Crippen molar-refractivity contribution < 1.29 is 9.59 Å². The van der Waals surface area contributed by atoms with E-state index in [2.05, 4.69) is 32.2 Å². The Labute approximate surface area is 181 Å². The van der Waals surface area contributed by atoms with Crippen molar-refractivity contribution in [1.29, 1.82) is 0 Å². The van der Waals surface area contributed by atoms with Crippen molar-refractivity contribution in [2.24, 2.45) is 0 Å². The molecule has 2 fully saturated rings. The molecule has 0 aliphatic carbocycles. The molecule has 4 rings (SSSR count). The molecular formula is C22H29N5O2S. The Morgan fingerprint density at radius 3 is 2.37 bits per heavy atom. The molecule has 0 atom stereocenters. The number of thiazole rings is 1. The van der Waals surface area contributed by atoms with Crippen LogP contribution < -0.4 is 10.2 Å². The van der Waals surface area contributed by atoms with Gasteiger partial charge in [-0.2, -0.15) is 0 Å². The monoisotopic (exact) mass is 427 g/mol. The molecule has 2 saturated heterocycles. The van der Waals surface area contributed by atoms with E-state index in [9.17, 15) is 9.59 Å². The van der Waals surface area contributed by atoms with Crippen molar-refractivity contribution in [3.63, 3.8) is 0 Å². The van der Waals surface area contributed by atoms with Gasteiger partial charge in [-0.05, 0) is 44.0 Å². The second-order valence-electron chi connectivity index (χ2n) is 8.01. The van der Waals surface area contributed by atoms with Crippen molar-refractivity contribution >= 4 is 34.5 Å². The van der Waals surface area contributed by atoms with Crippen LogP contribution in [0.3, 0.4) is 0 Å². The van der Waals surface area contributed by atoms with Gasteiger partial charge in [0, 0.05) is 61.7 Å². The van der Waals surface area contributed by atoms with Crippen LogP contribution in [0.25, 0.3) is 0 Å². The first kappa shape index (κ1) is 20.8. The van der Waals surface area contributed by atoms with E-state index in [4.69, 9.17) is 0 Å². The Kier molecular flexibility index (Phi) is 6.64. The van der Waals surface area contributed by atoms with Crippen LogP contribution in [0, 0.1) is 6.92 Å². The van der Waals surface area contributed by atoms with Gasteiger partial charge in [0.15, 0.2) is 0 Å². The average Bonchev–Trinajstić information content (AvgIpc) is 3.41. The molecule has 2 amide bonds. The number of rotatable bonds is 6. The summed E-state index contributed by atoms with van der Waals surface area (Å²) in [5.74, 6) is 0.105. The lowest BCUT2D eigenvalue weighted by molar-refractivity contribution is -0.132. The first-order valence-corrected chi connectivity index (χ1v) is 11.5. The first-order chi connectivity index (χ1) is 14.6. The minimum Gasteiger partial charge on any atom is -0.372 e. The molecule has 0 spiro atoms. The van der Waals surface area contributed by atoms with Gasteiger partial charge in [0.05, 0.1) is 13.0 Å². The van der Waals surface area contributed by atoms with Crippen molar-refractivity contribution in [3.05, 3.63) is 40.3 Å². The Morgan fingerprint density at radius 1 is 1.03 bits per heavy atom. The van der Waals surface area contributed by atoms with E-state index in [1.807, 2.05) is 29.3 Å². The third-order valence-corrected chi connectivity index (χ3v) is 6.65. The molecule has 0 radical (unpaired) electrons. The molecular weight excluding hydrogens is 398 g/mol. The molecule has 8 heteroatoms. The highest BCUT2D eigenvalue weighted by Gasteiger charge is 2.23. The van der Waals surface area contributed by atoms with Crippen molar-refractivity contribution in [2.75, 3.05) is 56.0 Å². The van der Waals surface area contributed by atoms with Gasteiger partial charge in [0.25, 0.3) is 0 Å². The number of aromatic nitrogens is 1.